The standard InChI is InChI=1S/C9H15NO/c1-6-2-3-8-7(4-6)5-9(11)10-8/h6-8H,2-5H2,1H3,(H,10,11). The van der Waals surface area contributed by atoms with E-state index in [1.807, 2.05) is 0 Å². The third-order valence-electron chi connectivity index (χ3n) is 3.04. The van der Waals surface area contributed by atoms with Crippen LogP contribution in [0.2, 0.25) is 0 Å². The molecule has 0 bridgehead atoms. The van der Waals surface area contributed by atoms with Crippen LogP contribution in [-0.4, -0.2) is 11.9 Å². The first kappa shape index (κ1) is 7.14. The molecule has 2 heteroatoms. The van der Waals surface area contributed by atoms with Crippen LogP contribution in [0, 0.1) is 11.8 Å². The molecule has 2 nitrogen and oxygen atoms in total. The maximum Gasteiger partial charge on any atom is 0.220 e. The largest absolute Gasteiger partial charge is 0.353 e. The van der Waals surface area contributed by atoms with Gasteiger partial charge in [0.1, 0.15) is 0 Å². The normalized spacial score (nSPS) is 43.4. The molecule has 62 valence electrons. The molecule has 3 unspecified atom stereocenters. The van der Waals surface area contributed by atoms with E-state index in [1.54, 1.807) is 0 Å². The lowest BCUT2D eigenvalue weighted by Gasteiger charge is -2.28. The van der Waals surface area contributed by atoms with E-state index in [0.717, 1.165) is 12.3 Å². The zero-order valence-corrected chi connectivity index (χ0v) is 6.97. The predicted molar refractivity (Wildman–Crippen MR) is 43.1 cm³/mol. The van der Waals surface area contributed by atoms with E-state index < -0.39 is 0 Å². The zero-order valence-electron chi connectivity index (χ0n) is 6.97. The Morgan fingerprint density at radius 1 is 1.45 bits per heavy atom. The van der Waals surface area contributed by atoms with E-state index in [1.165, 1.54) is 19.3 Å². The lowest BCUT2D eigenvalue weighted by Crippen LogP contribution is -2.33. The average Bonchev–Trinajstić information content (AvgIpc) is 2.27. The van der Waals surface area contributed by atoms with Crippen molar-refractivity contribution in [3.05, 3.63) is 0 Å². The molecule has 1 aliphatic carbocycles. The van der Waals surface area contributed by atoms with Crippen LogP contribution in [0.25, 0.3) is 0 Å². The van der Waals surface area contributed by atoms with E-state index in [2.05, 4.69) is 12.2 Å². The SMILES string of the molecule is CC1CCC2NC(=O)CC2C1. The molecule has 1 aliphatic heterocycles. The summed E-state index contributed by atoms with van der Waals surface area (Å²) in [5, 5.41) is 3.04. The van der Waals surface area contributed by atoms with Gasteiger partial charge >= 0.3 is 0 Å². The Morgan fingerprint density at radius 3 is 3.09 bits per heavy atom. The first-order valence-electron chi connectivity index (χ1n) is 4.55. The maximum atomic E-state index is 11.0. The fourth-order valence-electron chi connectivity index (χ4n) is 2.42. The fourth-order valence-corrected chi connectivity index (χ4v) is 2.42. The Kier molecular flexibility index (Phi) is 1.63. The van der Waals surface area contributed by atoms with Crippen LogP contribution in [0.3, 0.4) is 0 Å². The van der Waals surface area contributed by atoms with Crippen molar-refractivity contribution in [2.75, 3.05) is 0 Å². The van der Waals surface area contributed by atoms with Crippen molar-refractivity contribution in [2.24, 2.45) is 11.8 Å². The lowest BCUT2D eigenvalue weighted by atomic mass is 9.79. The van der Waals surface area contributed by atoms with Gasteiger partial charge in [0.05, 0.1) is 0 Å². The number of carbonyl (C=O) groups is 1. The first-order chi connectivity index (χ1) is 5.25. The van der Waals surface area contributed by atoms with E-state index in [0.29, 0.717) is 12.0 Å². The Morgan fingerprint density at radius 2 is 2.27 bits per heavy atom. The second kappa shape index (κ2) is 2.50. The van der Waals surface area contributed by atoms with E-state index in [4.69, 9.17) is 0 Å². The van der Waals surface area contributed by atoms with Crippen molar-refractivity contribution in [1.29, 1.82) is 0 Å². The van der Waals surface area contributed by atoms with Crippen molar-refractivity contribution in [1.82, 2.24) is 5.32 Å². The topological polar surface area (TPSA) is 29.1 Å². The average molecular weight is 153 g/mol. The van der Waals surface area contributed by atoms with Gasteiger partial charge in [0.25, 0.3) is 0 Å². The van der Waals surface area contributed by atoms with Crippen LogP contribution in [0.1, 0.15) is 32.6 Å². The number of hydrogen-bond acceptors (Lipinski definition) is 1. The molecular formula is C9H15NO. The van der Waals surface area contributed by atoms with Crippen molar-refractivity contribution in [3.63, 3.8) is 0 Å². The summed E-state index contributed by atoms with van der Waals surface area (Å²) >= 11 is 0. The van der Waals surface area contributed by atoms with Crippen LogP contribution in [0.4, 0.5) is 0 Å². The highest BCUT2D eigenvalue weighted by molar-refractivity contribution is 5.79. The summed E-state index contributed by atoms with van der Waals surface area (Å²) < 4.78 is 0. The number of rotatable bonds is 0. The quantitative estimate of drug-likeness (QED) is 0.558. The van der Waals surface area contributed by atoms with Gasteiger partial charge < -0.3 is 5.32 Å². The number of amides is 1. The number of fused-ring (bicyclic) bond motifs is 1. The van der Waals surface area contributed by atoms with Gasteiger partial charge in [0.2, 0.25) is 5.91 Å². The molecule has 2 aliphatic rings. The molecule has 11 heavy (non-hydrogen) atoms. The molecule has 0 aromatic rings. The highest BCUT2D eigenvalue weighted by atomic mass is 16.2. The molecule has 2 fully saturated rings. The second-order valence-corrected chi connectivity index (χ2v) is 4.06. The summed E-state index contributed by atoms with van der Waals surface area (Å²) in [6, 6.07) is 0.527. The Bertz CT molecular complexity index is 178. The second-order valence-electron chi connectivity index (χ2n) is 4.06. The highest BCUT2D eigenvalue weighted by Crippen LogP contribution is 2.34. The van der Waals surface area contributed by atoms with Gasteiger partial charge in [-0.15, -0.1) is 0 Å². The minimum atomic E-state index is 0.272. The molecule has 1 amide bonds. The molecule has 1 saturated carbocycles. The van der Waals surface area contributed by atoms with Gasteiger partial charge in [-0.3, -0.25) is 4.79 Å². The lowest BCUT2D eigenvalue weighted by molar-refractivity contribution is -0.119. The third kappa shape index (κ3) is 1.26. The van der Waals surface area contributed by atoms with E-state index in [9.17, 15) is 4.79 Å². The summed E-state index contributed by atoms with van der Waals surface area (Å²) in [6.45, 7) is 2.29. The molecule has 1 N–H and O–H groups in total. The van der Waals surface area contributed by atoms with Gasteiger partial charge in [-0.1, -0.05) is 6.92 Å². The van der Waals surface area contributed by atoms with Crippen LogP contribution >= 0.6 is 0 Å². The first-order valence-corrected chi connectivity index (χ1v) is 4.55. The van der Waals surface area contributed by atoms with Gasteiger partial charge in [-0.25, -0.2) is 0 Å². The Balaban J connectivity index is 2.02. The summed E-state index contributed by atoms with van der Waals surface area (Å²) in [7, 11) is 0. The smallest absolute Gasteiger partial charge is 0.220 e. The summed E-state index contributed by atoms with van der Waals surface area (Å²) in [6.07, 6.45) is 4.54. The molecule has 0 radical (unpaired) electrons. The Labute approximate surface area is 67.4 Å². The van der Waals surface area contributed by atoms with Crippen LogP contribution in [0.5, 0.6) is 0 Å². The highest BCUT2D eigenvalue weighted by Gasteiger charge is 2.35. The molecule has 0 aromatic heterocycles. The molecule has 3 atom stereocenters. The van der Waals surface area contributed by atoms with E-state index in [-0.39, 0.29) is 5.91 Å². The van der Waals surface area contributed by atoms with Gasteiger partial charge in [-0.2, -0.15) is 0 Å². The van der Waals surface area contributed by atoms with Gasteiger partial charge in [-0.05, 0) is 31.1 Å². The number of carbonyl (C=O) groups excluding carboxylic acids is 1. The number of nitrogens with one attached hydrogen (secondary N) is 1. The number of hydrogen-bond donors (Lipinski definition) is 1. The van der Waals surface area contributed by atoms with Gasteiger partial charge in [0.15, 0.2) is 0 Å². The Hall–Kier alpha value is -0.530. The minimum Gasteiger partial charge on any atom is -0.353 e. The summed E-state index contributed by atoms with van der Waals surface area (Å²) in [5.41, 5.74) is 0. The van der Waals surface area contributed by atoms with Crippen LogP contribution in [-0.2, 0) is 4.79 Å². The fraction of sp³-hybridized carbons (Fsp3) is 0.889. The summed E-state index contributed by atoms with van der Waals surface area (Å²) in [5.74, 6) is 1.77. The van der Waals surface area contributed by atoms with Crippen molar-refractivity contribution in [3.8, 4) is 0 Å². The molecule has 0 spiro atoms. The molecule has 1 saturated heterocycles. The van der Waals surface area contributed by atoms with Crippen molar-refractivity contribution < 1.29 is 4.79 Å². The molecule has 2 rings (SSSR count). The maximum absolute atomic E-state index is 11.0. The minimum absolute atomic E-state index is 0.272. The molecule has 1 heterocycles. The van der Waals surface area contributed by atoms with Crippen molar-refractivity contribution >= 4 is 5.91 Å². The predicted octanol–water partition coefficient (Wildman–Crippen LogP) is 1.31. The van der Waals surface area contributed by atoms with Crippen LogP contribution in [0.15, 0.2) is 0 Å². The third-order valence-corrected chi connectivity index (χ3v) is 3.04. The molecule has 0 aromatic carbocycles. The summed E-state index contributed by atoms with van der Waals surface area (Å²) in [4.78, 5) is 11.0. The van der Waals surface area contributed by atoms with Crippen molar-refractivity contribution in [2.45, 2.75) is 38.6 Å². The zero-order chi connectivity index (χ0) is 7.84. The molecular weight excluding hydrogens is 138 g/mol. The van der Waals surface area contributed by atoms with Gasteiger partial charge in [0, 0.05) is 12.5 Å². The van der Waals surface area contributed by atoms with E-state index >= 15 is 0 Å². The monoisotopic (exact) mass is 153 g/mol. The van der Waals surface area contributed by atoms with Crippen LogP contribution < -0.4 is 5.32 Å².